The number of benzene rings is 1. The average Bonchev–Trinajstić information content (AvgIpc) is 2.23. The first kappa shape index (κ1) is 14.0. The van der Waals surface area contributed by atoms with E-state index in [1.165, 1.54) is 0 Å². The van der Waals surface area contributed by atoms with E-state index in [1.54, 1.807) is 26.0 Å². The predicted octanol–water partition coefficient (Wildman–Crippen LogP) is 3.06. The van der Waals surface area contributed by atoms with Crippen molar-refractivity contribution in [3.63, 3.8) is 0 Å². The van der Waals surface area contributed by atoms with Crippen LogP contribution < -0.4 is 5.32 Å². The molecule has 0 atom stereocenters. The molecule has 0 aliphatic rings. The Hall–Kier alpha value is -1.05. The minimum absolute atomic E-state index is 0.199. The van der Waals surface area contributed by atoms with Gasteiger partial charge in [-0.3, -0.25) is 4.79 Å². The number of nitriles is 1. The smallest absolute Gasteiger partial charge is 0.225 e. The number of hydrogen-bond acceptors (Lipinski definition) is 2. The number of carbonyl (C=O) groups is 1. The zero-order chi connectivity index (χ0) is 13.1. The number of hydrogen-bond donors (Lipinski definition) is 1. The summed E-state index contributed by atoms with van der Waals surface area (Å²) in [5.41, 5.74) is -0.0413. The van der Waals surface area contributed by atoms with Crippen LogP contribution >= 0.6 is 27.5 Å². The summed E-state index contributed by atoms with van der Waals surface area (Å²) in [5.74, 6) is -0.199. The average molecular weight is 316 g/mol. The number of nitrogens with zero attached hydrogens (tertiary/aromatic N) is 1. The van der Waals surface area contributed by atoms with Crippen molar-refractivity contribution in [1.29, 1.82) is 5.26 Å². The van der Waals surface area contributed by atoms with Gasteiger partial charge in [-0.15, -0.1) is 0 Å². The van der Waals surface area contributed by atoms with Crippen LogP contribution in [0.5, 0.6) is 0 Å². The summed E-state index contributed by atoms with van der Waals surface area (Å²) in [6.45, 7) is 3.30. The monoisotopic (exact) mass is 314 g/mol. The third-order valence-corrected chi connectivity index (χ3v) is 3.31. The molecule has 0 radical (unpaired) electrons. The third-order valence-electron chi connectivity index (χ3n) is 2.08. The molecular weight excluding hydrogens is 304 g/mol. The fourth-order valence-electron chi connectivity index (χ4n) is 1.26. The van der Waals surface area contributed by atoms with Crippen LogP contribution in [-0.2, 0) is 11.2 Å². The minimum atomic E-state index is -0.851. The van der Waals surface area contributed by atoms with E-state index in [0.717, 1.165) is 10.0 Å². The Morgan fingerprint density at radius 1 is 1.59 bits per heavy atom. The van der Waals surface area contributed by atoms with Crippen molar-refractivity contribution in [1.82, 2.24) is 5.32 Å². The van der Waals surface area contributed by atoms with Crippen molar-refractivity contribution in [3.8, 4) is 6.07 Å². The fourth-order valence-corrected chi connectivity index (χ4v) is 1.71. The molecule has 0 aromatic heterocycles. The molecule has 5 heteroatoms. The van der Waals surface area contributed by atoms with Gasteiger partial charge in [-0.1, -0.05) is 17.7 Å². The molecule has 0 saturated heterocycles. The summed E-state index contributed by atoms with van der Waals surface area (Å²) in [5, 5.41) is 12.0. The van der Waals surface area contributed by atoms with Gasteiger partial charge in [0, 0.05) is 4.47 Å². The normalized spacial score (nSPS) is 10.8. The molecule has 0 heterocycles. The van der Waals surface area contributed by atoms with Crippen molar-refractivity contribution in [2.75, 3.05) is 0 Å². The Bertz CT molecular complexity index is 480. The molecule has 3 nitrogen and oxygen atoms in total. The number of nitrogens with one attached hydrogen (secondary N) is 1. The second kappa shape index (κ2) is 5.52. The number of carbonyl (C=O) groups excluding carboxylic acids is 1. The molecule has 0 fully saturated rings. The Morgan fingerprint density at radius 3 is 2.76 bits per heavy atom. The lowest BCUT2D eigenvalue weighted by Crippen LogP contribution is -2.42. The molecule has 17 heavy (non-hydrogen) atoms. The van der Waals surface area contributed by atoms with Gasteiger partial charge in [-0.2, -0.15) is 5.26 Å². The topological polar surface area (TPSA) is 52.9 Å². The van der Waals surface area contributed by atoms with E-state index >= 15 is 0 Å². The highest BCUT2D eigenvalue weighted by Crippen LogP contribution is 2.23. The Labute approximate surface area is 114 Å². The molecule has 0 aliphatic heterocycles. The van der Waals surface area contributed by atoms with Crippen LogP contribution in [0.3, 0.4) is 0 Å². The molecule has 1 rings (SSSR count). The van der Waals surface area contributed by atoms with Gasteiger partial charge in [-0.05, 0) is 47.5 Å². The van der Waals surface area contributed by atoms with Crippen molar-refractivity contribution in [3.05, 3.63) is 33.3 Å². The van der Waals surface area contributed by atoms with Crippen molar-refractivity contribution in [2.24, 2.45) is 0 Å². The molecule has 0 aliphatic carbocycles. The summed E-state index contributed by atoms with van der Waals surface area (Å²) in [7, 11) is 0. The first-order chi connectivity index (χ1) is 7.84. The maximum Gasteiger partial charge on any atom is 0.225 e. The van der Waals surface area contributed by atoms with Gasteiger partial charge in [0.05, 0.1) is 17.5 Å². The van der Waals surface area contributed by atoms with Crippen LogP contribution in [0.4, 0.5) is 0 Å². The van der Waals surface area contributed by atoms with E-state index in [4.69, 9.17) is 16.9 Å². The number of halogens is 2. The fraction of sp³-hybridized carbons (Fsp3) is 0.333. The zero-order valence-electron chi connectivity index (χ0n) is 9.55. The second-order valence-electron chi connectivity index (χ2n) is 4.21. The van der Waals surface area contributed by atoms with Crippen LogP contribution in [0.25, 0.3) is 0 Å². The molecule has 0 spiro atoms. The number of rotatable bonds is 3. The molecular formula is C12H12BrClN2O. The van der Waals surface area contributed by atoms with Crippen LogP contribution in [0.2, 0.25) is 5.02 Å². The maximum atomic E-state index is 11.7. The van der Waals surface area contributed by atoms with E-state index in [0.29, 0.717) is 5.02 Å². The third kappa shape index (κ3) is 4.37. The maximum absolute atomic E-state index is 11.7. The standard InChI is InChI=1S/C12H12BrClN2O/c1-12(2,7-15)16-11(17)6-8-3-4-9(13)10(14)5-8/h3-5H,6H2,1-2H3,(H,16,17). The van der Waals surface area contributed by atoms with E-state index in [2.05, 4.69) is 21.2 Å². The van der Waals surface area contributed by atoms with Gasteiger partial charge in [0.1, 0.15) is 5.54 Å². The largest absolute Gasteiger partial charge is 0.338 e. The van der Waals surface area contributed by atoms with E-state index in [1.807, 2.05) is 12.1 Å². The molecule has 1 aromatic rings. The molecule has 1 aromatic carbocycles. The van der Waals surface area contributed by atoms with Gasteiger partial charge in [0.25, 0.3) is 0 Å². The second-order valence-corrected chi connectivity index (χ2v) is 5.47. The summed E-state index contributed by atoms with van der Waals surface area (Å²) in [4.78, 5) is 11.7. The van der Waals surface area contributed by atoms with E-state index in [9.17, 15) is 4.79 Å². The first-order valence-corrected chi connectivity index (χ1v) is 6.17. The lowest BCUT2D eigenvalue weighted by Gasteiger charge is -2.17. The first-order valence-electron chi connectivity index (χ1n) is 5.00. The Balaban J connectivity index is 2.69. The molecule has 0 unspecified atom stereocenters. The lowest BCUT2D eigenvalue weighted by molar-refractivity contribution is -0.121. The highest BCUT2D eigenvalue weighted by atomic mass is 79.9. The molecule has 1 N–H and O–H groups in total. The summed E-state index contributed by atoms with van der Waals surface area (Å²) >= 11 is 9.21. The van der Waals surface area contributed by atoms with Gasteiger partial charge in [0.15, 0.2) is 0 Å². The van der Waals surface area contributed by atoms with Crippen molar-refractivity contribution < 1.29 is 4.79 Å². The summed E-state index contributed by atoms with van der Waals surface area (Å²) < 4.78 is 0.792. The quantitative estimate of drug-likeness (QED) is 0.932. The SMILES string of the molecule is CC(C)(C#N)NC(=O)Cc1ccc(Br)c(Cl)c1. The van der Waals surface area contributed by atoms with Crippen molar-refractivity contribution in [2.45, 2.75) is 25.8 Å². The Morgan fingerprint density at radius 2 is 2.24 bits per heavy atom. The molecule has 1 amide bonds. The van der Waals surface area contributed by atoms with Crippen LogP contribution in [-0.4, -0.2) is 11.4 Å². The summed E-state index contributed by atoms with van der Waals surface area (Å²) in [6.07, 6.45) is 0.206. The van der Waals surface area contributed by atoms with Crippen molar-refractivity contribution >= 4 is 33.4 Å². The lowest BCUT2D eigenvalue weighted by atomic mass is 10.1. The zero-order valence-corrected chi connectivity index (χ0v) is 11.9. The minimum Gasteiger partial charge on any atom is -0.338 e. The Kier molecular flexibility index (Phi) is 4.55. The van der Waals surface area contributed by atoms with Gasteiger partial charge >= 0.3 is 0 Å². The molecule has 0 saturated carbocycles. The van der Waals surface area contributed by atoms with E-state index in [-0.39, 0.29) is 12.3 Å². The number of amides is 1. The predicted molar refractivity (Wildman–Crippen MR) is 70.7 cm³/mol. The highest BCUT2D eigenvalue weighted by molar-refractivity contribution is 9.10. The van der Waals surface area contributed by atoms with E-state index < -0.39 is 5.54 Å². The van der Waals surface area contributed by atoms with Crippen LogP contribution in [0.1, 0.15) is 19.4 Å². The van der Waals surface area contributed by atoms with Gasteiger partial charge in [0.2, 0.25) is 5.91 Å². The molecule has 90 valence electrons. The van der Waals surface area contributed by atoms with Crippen LogP contribution in [0.15, 0.2) is 22.7 Å². The van der Waals surface area contributed by atoms with Gasteiger partial charge in [-0.25, -0.2) is 0 Å². The van der Waals surface area contributed by atoms with Crippen LogP contribution in [0, 0.1) is 11.3 Å². The molecule has 0 bridgehead atoms. The summed E-state index contributed by atoms with van der Waals surface area (Å²) in [6, 6.07) is 7.35. The highest BCUT2D eigenvalue weighted by Gasteiger charge is 2.19. The van der Waals surface area contributed by atoms with Gasteiger partial charge < -0.3 is 5.32 Å².